The minimum atomic E-state index is 0.442. The van der Waals surface area contributed by atoms with Crippen molar-refractivity contribution in [1.82, 2.24) is 10.1 Å². The van der Waals surface area contributed by atoms with Gasteiger partial charge in [-0.1, -0.05) is 13.8 Å². The van der Waals surface area contributed by atoms with Crippen molar-refractivity contribution in [2.24, 2.45) is 5.92 Å². The molecule has 0 amide bonds. The van der Waals surface area contributed by atoms with Crippen molar-refractivity contribution in [3.05, 3.63) is 22.8 Å². The second-order valence-electron chi connectivity index (χ2n) is 3.98. The van der Waals surface area contributed by atoms with Crippen LogP contribution in [0.1, 0.15) is 26.7 Å². The summed E-state index contributed by atoms with van der Waals surface area (Å²) >= 11 is 3.31. The van der Waals surface area contributed by atoms with E-state index in [4.69, 9.17) is 4.74 Å². The first kappa shape index (κ1) is 15.4. The van der Waals surface area contributed by atoms with Crippen LogP contribution >= 0.6 is 15.9 Å². The molecule has 2 heterocycles. The molecule has 1 saturated heterocycles. The summed E-state index contributed by atoms with van der Waals surface area (Å²) in [6.07, 6.45) is 3.42. The van der Waals surface area contributed by atoms with Gasteiger partial charge in [-0.2, -0.15) is 0 Å². The Morgan fingerprint density at radius 2 is 2.06 bits per heavy atom. The second kappa shape index (κ2) is 8.43. The Morgan fingerprint density at radius 1 is 1.39 bits per heavy atom. The van der Waals surface area contributed by atoms with Gasteiger partial charge in [-0.3, -0.25) is 0 Å². The van der Waals surface area contributed by atoms with Crippen molar-refractivity contribution in [2.75, 3.05) is 19.7 Å². The Hall–Kier alpha value is -0.680. The average Bonchev–Trinajstić information content (AvgIpc) is 2.42. The number of hydrogen-bond donors (Lipinski definition) is 0. The lowest BCUT2D eigenvalue weighted by Gasteiger charge is -2.25. The Bertz CT molecular complexity index is 326. The van der Waals surface area contributed by atoms with Gasteiger partial charge in [0.25, 0.3) is 0 Å². The Morgan fingerprint density at radius 3 is 2.61 bits per heavy atom. The summed E-state index contributed by atoms with van der Waals surface area (Å²) in [5, 5.41) is 0.869. The maximum atomic E-state index is 12.7. The minimum Gasteiger partial charge on any atom is -0.477 e. The minimum absolute atomic E-state index is 0.442. The monoisotopic (exact) mass is 318 g/mol. The first-order chi connectivity index (χ1) is 8.74. The molecule has 1 aromatic heterocycles. The summed E-state index contributed by atoms with van der Waals surface area (Å²) in [4.78, 5) is 4.12. The van der Waals surface area contributed by atoms with Gasteiger partial charge in [-0.25, -0.2) is 4.98 Å². The number of rotatable bonds is 3. The Labute approximate surface area is 116 Å². The highest BCUT2D eigenvalue weighted by Crippen LogP contribution is 2.19. The third kappa shape index (κ3) is 5.31. The Balaban J connectivity index is 0.000000771. The fourth-order valence-electron chi connectivity index (χ4n) is 1.72. The van der Waals surface area contributed by atoms with E-state index in [2.05, 4.69) is 20.9 Å². The van der Waals surface area contributed by atoms with E-state index in [0.717, 1.165) is 22.4 Å². The Kier molecular flexibility index (Phi) is 7.20. The highest BCUT2D eigenvalue weighted by molar-refractivity contribution is 9.10. The van der Waals surface area contributed by atoms with E-state index >= 15 is 0 Å². The number of nitrogens with zero attached hydrogens (tertiary/aromatic N) is 2. The highest BCUT2D eigenvalue weighted by Gasteiger charge is 2.19. The first-order valence-corrected chi connectivity index (χ1v) is 7.18. The molecule has 3 nitrogen and oxygen atoms in total. The lowest BCUT2D eigenvalue weighted by molar-refractivity contribution is -0.0150. The molecule has 18 heavy (non-hydrogen) atoms. The highest BCUT2D eigenvalue weighted by atomic mass is 79.9. The lowest BCUT2D eigenvalue weighted by Crippen LogP contribution is -2.30. The number of pyridine rings is 1. The van der Waals surface area contributed by atoms with E-state index in [9.17, 15) is 4.48 Å². The smallest absolute Gasteiger partial charge is 0.213 e. The van der Waals surface area contributed by atoms with Gasteiger partial charge >= 0.3 is 0 Å². The summed E-state index contributed by atoms with van der Waals surface area (Å²) in [5.74, 6) is 1.07. The molecule has 0 aromatic carbocycles. The third-order valence-electron chi connectivity index (χ3n) is 2.73. The number of halogens is 2. The zero-order valence-corrected chi connectivity index (χ0v) is 12.5. The van der Waals surface area contributed by atoms with Gasteiger partial charge in [-0.15, -0.1) is 9.60 Å². The molecule has 0 bridgehead atoms. The fraction of sp³-hybridized carbons (Fsp3) is 0.615. The van der Waals surface area contributed by atoms with Crippen LogP contribution in [0.3, 0.4) is 0 Å². The van der Waals surface area contributed by atoms with Gasteiger partial charge < -0.3 is 4.74 Å². The van der Waals surface area contributed by atoms with Gasteiger partial charge in [0.2, 0.25) is 5.88 Å². The summed E-state index contributed by atoms with van der Waals surface area (Å²) in [7, 11) is 0. The van der Waals surface area contributed by atoms with Crippen molar-refractivity contribution in [1.29, 1.82) is 0 Å². The van der Waals surface area contributed by atoms with E-state index in [1.807, 2.05) is 26.0 Å². The van der Waals surface area contributed by atoms with Crippen molar-refractivity contribution in [3.8, 4) is 5.88 Å². The molecule has 0 N–H and O–H groups in total. The summed E-state index contributed by atoms with van der Waals surface area (Å²) < 4.78 is 19.2. The molecule has 0 aliphatic carbocycles. The molecule has 1 fully saturated rings. The maximum absolute atomic E-state index is 12.7. The molecule has 102 valence electrons. The van der Waals surface area contributed by atoms with Crippen LogP contribution in [0.25, 0.3) is 0 Å². The van der Waals surface area contributed by atoms with Crippen molar-refractivity contribution in [3.63, 3.8) is 0 Å². The van der Waals surface area contributed by atoms with E-state index in [0.29, 0.717) is 31.5 Å². The molecular formula is C13H20BrFN2O. The summed E-state index contributed by atoms with van der Waals surface area (Å²) in [6.45, 7) is 5.66. The van der Waals surface area contributed by atoms with E-state index in [1.165, 1.54) is 0 Å². The topological polar surface area (TPSA) is 25.4 Å². The zero-order valence-electron chi connectivity index (χ0n) is 10.9. The zero-order chi connectivity index (χ0) is 13.4. The van der Waals surface area contributed by atoms with E-state index in [-0.39, 0.29) is 0 Å². The van der Waals surface area contributed by atoms with Gasteiger partial charge in [-0.05, 0) is 40.8 Å². The van der Waals surface area contributed by atoms with Gasteiger partial charge in [0.1, 0.15) is 0 Å². The quantitative estimate of drug-likeness (QED) is 0.792. The number of aromatic nitrogens is 1. The predicted molar refractivity (Wildman–Crippen MR) is 74.2 cm³/mol. The van der Waals surface area contributed by atoms with Crippen LogP contribution in [0.2, 0.25) is 0 Å². The van der Waals surface area contributed by atoms with Gasteiger partial charge in [0, 0.05) is 29.8 Å². The molecule has 0 radical (unpaired) electrons. The van der Waals surface area contributed by atoms with E-state index < -0.39 is 0 Å². The average molecular weight is 319 g/mol. The first-order valence-electron chi connectivity index (χ1n) is 6.39. The van der Waals surface area contributed by atoms with Crippen LogP contribution < -0.4 is 4.74 Å². The molecular weight excluding hydrogens is 299 g/mol. The number of ether oxygens (including phenoxy) is 1. The second-order valence-corrected chi connectivity index (χ2v) is 4.89. The lowest BCUT2D eigenvalue weighted by atomic mass is 9.99. The normalized spacial score (nSPS) is 16.9. The molecule has 0 unspecified atom stereocenters. The van der Waals surface area contributed by atoms with Crippen LogP contribution in [0.15, 0.2) is 22.8 Å². The van der Waals surface area contributed by atoms with Crippen LogP contribution in [-0.4, -0.2) is 29.8 Å². The van der Waals surface area contributed by atoms with Crippen LogP contribution in [0.5, 0.6) is 5.88 Å². The number of piperidine rings is 1. The molecule has 5 heteroatoms. The summed E-state index contributed by atoms with van der Waals surface area (Å²) in [5.41, 5.74) is 0. The van der Waals surface area contributed by atoms with Crippen molar-refractivity contribution >= 4 is 15.9 Å². The molecule has 0 saturated carbocycles. The SMILES string of the molecule is CC.FN1CCC(COc2ccc(Br)cn2)CC1. The van der Waals surface area contributed by atoms with Crippen LogP contribution in [0, 0.1) is 5.92 Å². The molecule has 1 aromatic rings. The molecule has 2 rings (SSSR count). The molecule has 0 spiro atoms. The fourth-order valence-corrected chi connectivity index (χ4v) is 1.95. The maximum Gasteiger partial charge on any atom is 0.213 e. The molecule has 1 aliphatic heterocycles. The standard InChI is InChI=1S/C11H14BrFN2O.C2H6/c12-10-1-2-11(14-7-10)16-8-9-3-5-15(13)6-4-9;1-2/h1-2,7,9H,3-6,8H2;1-2H3. The largest absolute Gasteiger partial charge is 0.477 e. The van der Waals surface area contributed by atoms with E-state index in [1.54, 1.807) is 6.20 Å². The summed E-state index contributed by atoms with van der Waals surface area (Å²) in [6, 6.07) is 3.72. The predicted octanol–water partition coefficient (Wildman–Crippen LogP) is 3.85. The third-order valence-corrected chi connectivity index (χ3v) is 3.20. The van der Waals surface area contributed by atoms with Gasteiger partial charge in [0.05, 0.1) is 6.61 Å². The molecule has 0 atom stereocenters. The van der Waals surface area contributed by atoms with Crippen molar-refractivity contribution < 1.29 is 9.22 Å². The van der Waals surface area contributed by atoms with Gasteiger partial charge in [0.15, 0.2) is 0 Å². The van der Waals surface area contributed by atoms with Crippen molar-refractivity contribution in [2.45, 2.75) is 26.7 Å². The number of hydrogen-bond acceptors (Lipinski definition) is 3. The van der Waals surface area contributed by atoms with Crippen LogP contribution in [-0.2, 0) is 0 Å². The molecule has 1 aliphatic rings. The van der Waals surface area contributed by atoms with Crippen LogP contribution in [0.4, 0.5) is 4.48 Å².